The van der Waals surface area contributed by atoms with Crippen LogP contribution in [0.15, 0.2) is 97.2 Å². The van der Waals surface area contributed by atoms with Crippen LogP contribution in [0.2, 0.25) is 0 Å². The summed E-state index contributed by atoms with van der Waals surface area (Å²) >= 11 is 0. The lowest BCUT2D eigenvalue weighted by Crippen LogP contribution is -2.44. The first kappa shape index (κ1) is 27.9. The molecular weight excluding hydrogens is 538 g/mol. The number of likely N-dealkylation sites (N-methyl/N-ethyl adjacent to an activating group) is 1. The molecule has 3 N–H and O–H groups in total. The molecule has 2 heterocycles. The molecule has 0 unspecified atom stereocenters. The summed E-state index contributed by atoms with van der Waals surface area (Å²) in [7, 11) is 2.14. The molecule has 1 saturated heterocycles. The highest BCUT2D eigenvalue weighted by Gasteiger charge is 2.25. The molecule has 4 aromatic rings. The van der Waals surface area contributed by atoms with E-state index in [0.29, 0.717) is 33.6 Å². The molecule has 0 atom stereocenters. The molecule has 1 fully saturated rings. The Morgan fingerprint density at radius 2 is 1.49 bits per heavy atom. The Labute approximate surface area is 251 Å². The van der Waals surface area contributed by atoms with Crippen LogP contribution in [0.4, 0.5) is 22.7 Å². The summed E-state index contributed by atoms with van der Waals surface area (Å²) in [5, 5.41) is 8.98. The summed E-state index contributed by atoms with van der Waals surface area (Å²) in [6.45, 7) is 6.07. The third-order valence-corrected chi connectivity index (χ3v) is 7.88. The first-order valence-corrected chi connectivity index (χ1v) is 14.3. The molecule has 4 aromatic carbocycles. The Balaban J connectivity index is 1.13. The van der Waals surface area contributed by atoms with Crippen LogP contribution in [0, 0.1) is 6.92 Å². The number of hydrogen-bond acceptors (Lipinski definition) is 6. The second-order valence-corrected chi connectivity index (χ2v) is 11.0. The highest BCUT2D eigenvalue weighted by atomic mass is 16.2. The lowest BCUT2D eigenvalue weighted by Gasteiger charge is -2.34. The molecule has 0 radical (unpaired) electrons. The van der Waals surface area contributed by atoms with E-state index in [1.807, 2.05) is 31.2 Å². The number of aryl methyl sites for hydroxylation is 1. The number of anilines is 4. The Morgan fingerprint density at radius 1 is 0.791 bits per heavy atom. The van der Waals surface area contributed by atoms with Crippen molar-refractivity contribution in [3.8, 4) is 0 Å². The van der Waals surface area contributed by atoms with Crippen LogP contribution >= 0.6 is 0 Å². The summed E-state index contributed by atoms with van der Waals surface area (Å²) in [5.74, 6) is -0.690. The molecule has 2 aliphatic heterocycles. The minimum Gasteiger partial charge on any atom is -0.369 e. The van der Waals surface area contributed by atoms with Crippen LogP contribution in [-0.4, -0.2) is 55.7 Å². The summed E-state index contributed by atoms with van der Waals surface area (Å²) in [6, 6.07) is 27.5. The maximum atomic E-state index is 13.4. The van der Waals surface area contributed by atoms with E-state index in [9.17, 15) is 14.4 Å². The minimum absolute atomic E-state index is 0.209. The molecule has 8 heteroatoms. The lowest BCUT2D eigenvalue weighted by atomic mass is 9.99. The molecule has 0 bridgehead atoms. The van der Waals surface area contributed by atoms with Gasteiger partial charge in [0.25, 0.3) is 11.8 Å². The van der Waals surface area contributed by atoms with E-state index in [4.69, 9.17) is 0 Å². The predicted molar refractivity (Wildman–Crippen MR) is 172 cm³/mol. The van der Waals surface area contributed by atoms with Crippen molar-refractivity contribution in [1.29, 1.82) is 0 Å². The van der Waals surface area contributed by atoms with Gasteiger partial charge in [-0.1, -0.05) is 42.0 Å². The number of carbonyl (C=O) groups excluding carboxylic acids is 3. The number of carbonyl (C=O) groups is 3. The van der Waals surface area contributed by atoms with Crippen LogP contribution in [-0.2, 0) is 4.79 Å². The molecule has 6 rings (SSSR count). The van der Waals surface area contributed by atoms with Gasteiger partial charge in [-0.25, -0.2) is 0 Å². The van der Waals surface area contributed by atoms with Crippen molar-refractivity contribution in [3.63, 3.8) is 0 Å². The van der Waals surface area contributed by atoms with Crippen molar-refractivity contribution < 1.29 is 14.4 Å². The van der Waals surface area contributed by atoms with Gasteiger partial charge < -0.3 is 25.8 Å². The number of amides is 2. The molecule has 0 aromatic heterocycles. The molecule has 0 aliphatic carbocycles. The number of rotatable bonds is 7. The molecule has 0 saturated carbocycles. The number of nitrogens with one attached hydrogen (secondary N) is 3. The van der Waals surface area contributed by atoms with Gasteiger partial charge in [0, 0.05) is 77.4 Å². The topological polar surface area (TPSA) is 93.8 Å². The van der Waals surface area contributed by atoms with Gasteiger partial charge in [-0.3, -0.25) is 14.4 Å². The van der Waals surface area contributed by atoms with E-state index >= 15 is 0 Å². The summed E-state index contributed by atoms with van der Waals surface area (Å²) in [5.41, 5.74) is 6.88. The van der Waals surface area contributed by atoms with Gasteiger partial charge >= 0.3 is 0 Å². The molecular formula is C35H33N5O3. The summed E-state index contributed by atoms with van der Waals surface area (Å²) < 4.78 is 0. The van der Waals surface area contributed by atoms with Crippen LogP contribution in [0.5, 0.6) is 0 Å². The van der Waals surface area contributed by atoms with Gasteiger partial charge in [0.1, 0.15) is 0 Å². The van der Waals surface area contributed by atoms with Crippen molar-refractivity contribution in [2.24, 2.45) is 0 Å². The fourth-order valence-corrected chi connectivity index (χ4v) is 5.28. The van der Waals surface area contributed by atoms with E-state index in [1.165, 1.54) is 5.69 Å². The number of fused-ring (bicyclic) bond motifs is 1. The van der Waals surface area contributed by atoms with Crippen molar-refractivity contribution in [2.75, 3.05) is 54.1 Å². The second-order valence-electron chi connectivity index (χ2n) is 11.0. The normalized spacial score (nSPS) is 15.6. The standard InChI is InChI=1S/C35H33N5O3/c1-23-6-8-24(9-7-23)34(42)37-28-5-3-4-25(20-28)33(41)26-10-15-30-31(35(43)38-32(30)21-26)22-36-27-11-13-29(14-12-27)40-18-16-39(2)17-19-40/h3-15,20-22,36H,16-19H2,1-2H3,(H,37,42)(H,38,43). The van der Waals surface area contributed by atoms with Gasteiger partial charge in [-0.2, -0.15) is 0 Å². The molecule has 2 amide bonds. The monoisotopic (exact) mass is 571 g/mol. The number of ketones is 1. The highest BCUT2D eigenvalue weighted by Crippen LogP contribution is 2.33. The quantitative estimate of drug-likeness (QED) is 0.197. The number of piperazine rings is 1. The average molecular weight is 572 g/mol. The van der Waals surface area contributed by atoms with Crippen LogP contribution in [0.1, 0.15) is 37.4 Å². The number of nitrogens with zero attached hydrogens (tertiary/aromatic N) is 2. The van der Waals surface area contributed by atoms with Gasteiger partial charge in [0.05, 0.1) is 5.57 Å². The van der Waals surface area contributed by atoms with E-state index < -0.39 is 0 Å². The average Bonchev–Trinajstić information content (AvgIpc) is 3.34. The maximum Gasteiger partial charge on any atom is 0.257 e. The zero-order valence-electron chi connectivity index (χ0n) is 24.2. The number of hydrogen-bond donors (Lipinski definition) is 3. The Bertz CT molecular complexity index is 1720. The molecule has 43 heavy (non-hydrogen) atoms. The molecule has 2 aliphatic rings. The zero-order chi connectivity index (χ0) is 29.9. The molecule has 216 valence electrons. The van der Waals surface area contributed by atoms with Crippen LogP contribution in [0.3, 0.4) is 0 Å². The van der Waals surface area contributed by atoms with Crippen molar-refractivity contribution in [1.82, 2.24) is 4.90 Å². The van der Waals surface area contributed by atoms with Gasteiger partial charge in [0.2, 0.25) is 0 Å². The third kappa shape index (κ3) is 6.19. The number of benzene rings is 4. The Hall–Kier alpha value is -5.21. The largest absolute Gasteiger partial charge is 0.369 e. The third-order valence-electron chi connectivity index (χ3n) is 7.88. The first-order valence-electron chi connectivity index (χ1n) is 14.3. The van der Waals surface area contributed by atoms with Crippen LogP contribution < -0.4 is 20.9 Å². The maximum absolute atomic E-state index is 13.4. The smallest absolute Gasteiger partial charge is 0.257 e. The highest BCUT2D eigenvalue weighted by molar-refractivity contribution is 6.32. The lowest BCUT2D eigenvalue weighted by molar-refractivity contribution is -0.110. The predicted octanol–water partition coefficient (Wildman–Crippen LogP) is 5.64. The summed E-state index contributed by atoms with van der Waals surface area (Å²) in [4.78, 5) is 43.5. The fourth-order valence-electron chi connectivity index (χ4n) is 5.28. The molecule has 8 nitrogen and oxygen atoms in total. The van der Waals surface area contributed by atoms with E-state index in [2.05, 4.69) is 44.9 Å². The van der Waals surface area contributed by atoms with Crippen molar-refractivity contribution in [2.45, 2.75) is 6.92 Å². The Morgan fingerprint density at radius 3 is 2.23 bits per heavy atom. The fraction of sp³-hybridized carbons (Fsp3) is 0.171. The van der Waals surface area contributed by atoms with Crippen molar-refractivity contribution in [3.05, 3.63) is 125 Å². The SMILES string of the molecule is Cc1ccc(C(=O)Nc2cccc(C(=O)c3ccc4c(c3)NC(=O)C4=CNc3ccc(N4CCN(C)CC4)cc3)c2)cc1. The summed E-state index contributed by atoms with van der Waals surface area (Å²) in [6.07, 6.45) is 1.70. The van der Waals surface area contributed by atoms with E-state index in [1.54, 1.807) is 60.8 Å². The molecule has 0 spiro atoms. The van der Waals surface area contributed by atoms with E-state index in [0.717, 1.165) is 43.0 Å². The van der Waals surface area contributed by atoms with Crippen LogP contribution in [0.25, 0.3) is 5.57 Å². The zero-order valence-corrected chi connectivity index (χ0v) is 24.2. The van der Waals surface area contributed by atoms with E-state index in [-0.39, 0.29) is 17.6 Å². The van der Waals surface area contributed by atoms with Gasteiger partial charge in [0.15, 0.2) is 5.78 Å². The first-order chi connectivity index (χ1) is 20.8. The second kappa shape index (κ2) is 12.0. The Kier molecular flexibility index (Phi) is 7.77. The van der Waals surface area contributed by atoms with Crippen molar-refractivity contribution >= 4 is 45.9 Å². The van der Waals surface area contributed by atoms with Gasteiger partial charge in [-0.15, -0.1) is 0 Å². The van der Waals surface area contributed by atoms with Gasteiger partial charge in [-0.05, 0) is 68.6 Å². The minimum atomic E-state index is -0.247.